The number of hydrogen-bond donors (Lipinski definition) is 0. The van der Waals surface area contributed by atoms with Crippen LogP contribution in [0.4, 0.5) is 0 Å². The minimum absolute atomic E-state index is 0.238. The zero-order valence-electron chi connectivity index (χ0n) is 16.9. The maximum Gasteiger partial charge on any atom is 0.339 e. The Balaban J connectivity index is 1.63. The van der Waals surface area contributed by atoms with Gasteiger partial charge in [-0.1, -0.05) is 29.8 Å². The molecule has 0 aromatic heterocycles. The van der Waals surface area contributed by atoms with E-state index in [4.69, 9.17) is 30.5 Å². The third-order valence-electron chi connectivity index (χ3n) is 4.69. The number of esters is 1. The van der Waals surface area contributed by atoms with Crippen LogP contribution in [0.1, 0.15) is 22.8 Å². The highest BCUT2D eigenvalue weighted by Gasteiger charge is 2.26. The average Bonchev–Trinajstić information content (AvgIpc) is 2.78. The average molecular weight is 434 g/mol. The summed E-state index contributed by atoms with van der Waals surface area (Å²) in [5.41, 5.74) is 1.10. The maximum atomic E-state index is 12.5. The molecule has 2 aromatic carbocycles. The van der Waals surface area contributed by atoms with Gasteiger partial charge in [0.05, 0.1) is 25.9 Å². The van der Waals surface area contributed by atoms with Gasteiger partial charge in [0, 0.05) is 23.7 Å². The van der Waals surface area contributed by atoms with E-state index in [0.29, 0.717) is 42.8 Å². The van der Waals surface area contributed by atoms with E-state index in [1.165, 1.54) is 13.2 Å². The number of carbonyl (C=O) groups excluding carboxylic acids is 2. The molecule has 1 saturated heterocycles. The first-order valence-corrected chi connectivity index (χ1v) is 9.99. The fourth-order valence-electron chi connectivity index (χ4n) is 3.00. The highest BCUT2D eigenvalue weighted by Crippen LogP contribution is 2.30. The molecule has 1 heterocycles. The Kier molecular flexibility index (Phi) is 7.54. The standard InChI is InChI=1S/C22H24ClNO6/c1-15(21(25)24-9-11-28-12-10-24)30-22(26)16-7-8-19(20(13-16)27-2)29-14-17-5-3-4-6-18(17)23/h3-8,13,15H,9-12,14H2,1-2H3. The molecule has 0 N–H and O–H groups in total. The van der Waals surface area contributed by atoms with Gasteiger partial charge >= 0.3 is 5.97 Å². The zero-order chi connectivity index (χ0) is 21.5. The first-order chi connectivity index (χ1) is 14.5. The van der Waals surface area contributed by atoms with Crippen LogP contribution in [0.3, 0.4) is 0 Å². The maximum absolute atomic E-state index is 12.5. The number of benzene rings is 2. The molecule has 0 spiro atoms. The third-order valence-corrected chi connectivity index (χ3v) is 5.06. The lowest BCUT2D eigenvalue weighted by Crippen LogP contribution is -2.46. The van der Waals surface area contributed by atoms with E-state index in [9.17, 15) is 9.59 Å². The fourth-order valence-corrected chi connectivity index (χ4v) is 3.19. The van der Waals surface area contributed by atoms with Crippen molar-refractivity contribution in [2.75, 3.05) is 33.4 Å². The molecule has 7 nitrogen and oxygen atoms in total. The molecule has 1 amide bonds. The second-order valence-electron chi connectivity index (χ2n) is 6.73. The van der Waals surface area contributed by atoms with E-state index < -0.39 is 12.1 Å². The highest BCUT2D eigenvalue weighted by atomic mass is 35.5. The number of ether oxygens (including phenoxy) is 4. The summed E-state index contributed by atoms with van der Waals surface area (Å²) in [5.74, 6) is -0.00607. The molecule has 1 aliphatic heterocycles. The van der Waals surface area contributed by atoms with E-state index in [-0.39, 0.29) is 18.1 Å². The van der Waals surface area contributed by atoms with E-state index in [0.717, 1.165) is 5.56 Å². The van der Waals surface area contributed by atoms with Crippen LogP contribution in [0, 0.1) is 0 Å². The molecule has 0 radical (unpaired) electrons. The predicted octanol–water partition coefficient (Wildman–Crippen LogP) is 3.33. The number of methoxy groups -OCH3 is 1. The first-order valence-electron chi connectivity index (χ1n) is 9.61. The molecule has 0 bridgehead atoms. The smallest absolute Gasteiger partial charge is 0.339 e. The van der Waals surface area contributed by atoms with Gasteiger partial charge in [-0.15, -0.1) is 0 Å². The van der Waals surface area contributed by atoms with Crippen molar-refractivity contribution in [3.63, 3.8) is 0 Å². The number of carbonyl (C=O) groups is 2. The van der Waals surface area contributed by atoms with Gasteiger partial charge in [-0.25, -0.2) is 4.79 Å². The molecule has 30 heavy (non-hydrogen) atoms. The molecule has 160 valence electrons. The van der Waals surface area contributed by atoms with Crippen LogP contribution >= 0.6 is 11.6 Å². The molecule has 0 saturated carbocycles. The van der Waals surface area contributed by atoms with Gasteiger partial charge in [0.15, 0.2) is 17.6 Å². The van der Waals surface area contributed by atoms with Gasteiger partial charge in [0.2, 0.25) is 0 Å². The molecular formula is C22H24ClNO6. The molecular weight excluding hydrogens is 410 g/mol. The number of rotatable bonds is 7. The molecule has 1 atom stereocenters. The number of hydrogen-bond acceptors (Lipinski definition) is 6. The summed E-state index contributed by atoms with van der Waals surface area (Å²) in [6.07, 6.45) is -0.891. The molecule has 1 aliphatic rings. The van der Waals surface area contributed by atoms with Gasteiger partial charge in [0.1, 0.15) is 6.61 Å². The van der Waals surface area contributed by atoms with E-state index in [1.807, 2.05) is 18.2 Å². The quantitative estimate of drug-likeness (QED) is 0.623. The zero-order valence-corrected chi connectivity index (χ0v) is 17.7. The molecule has 3 rings (SSSR count). The van der Waals surface area contributed by atoms with Gasteiger partial charge in [0.25, 0.3) is 5.91 Å². The van der Waals surface area contributed by atoms with Crippen LogP contribution in [-0.4, -0.2) is 56.3 Å². The summed E-state index contributed by atoms with van der Waals surface area (Å²) in [6.45, 7) is 3.77. The number of amides is 1. The monoisotopic (exact) mass is 433 g/mol. The fraction of sp³-hybridized carbons (Fsp3) is 0.364. The summed E-state index contributed by atoms with van der Waals surface area (Å²) in [4.78, 5) is 26.6. The van der Waals surface area contributed by atoms with Crippen LogP contribution in [-0.2, 0) is 20.9 Å². The Morgan fingerprint density at radius 3 is 2.57 bits per heavy atom. The topological polar surface area (TPSA) is 74.3 Å². The highest BCUT2D eigenvalue weighted by molar-refractivity contribution is 6.31. The molecule has 1 fully saturated rings. The Hall–Kier alpha value is -2.77. The number of morpholine rings is 1. The van der Waals surface area contributed by atoms with Crippen molar-refractivity contribution in [1.82, 2.24) is 4.90 Å². The minimum Gasteiger partial charge on any atom is -0.493 e. The van der Waals surface area contributed by atoms with Gasteiger partial charge in [-0.05, 0) is 31.2 Å². The van der Waals surface area contributed by atoms with Gasteiger partial charge in [-0.3, -0.25) is 4.79 Å². The van der Waals surface area contributed by atoms with Crippen molar-refractivity contribution in [1.29, 1.82) is 0 Å². The van der Waals surface area contributed by atoms with Crippen molar-refractivity contribution in [2.45, 2.75) is 19.6 Å². The molecule has 1 unspecified atom stereocenters. The first kappa shape index (κ1) is 21.9. The van der Waals surface area contributed by atoms with Crippen molar-refractivity contribution in [2.24, 2.45) is 0 Å². The van der Waals surface area contributed by atoms with Crippen molar-refractivity contribution in [3.8, 4) is 11.5 Å². The lowest BCUT2D eigenvalue weighted by Gasteiger charge is -2.29. The SMILES string of the molecule is COc1cc(C(=O)OC(C)C(=O)N2CCOCC2)ccc1OCc1ccccc1Cl. The van der Waals surface area contributed by atoms with Crippen molar-refractivity contribution in [3.05, 3.63) is 58.6 Å². The van der Waals surface area contributed by atoms with Gasteiger partial charge < -0.3 is 23.8 Å². The Morgan fingerprint density at radius 1 is 1.13 bits per heavy atom. The molecule has 0 aliphatic carbocycles. The number of nitrogens with zero attached hydrogens (tertiary/aromatic N) is 1. The van der Waals surface area contributed by atoms with E-state index in [1.54, 1.807) is 30.0 Å². The van der Waals surface area contributed by atoms with E-state index >= 15 is 0 Å². The summed E-state index contributed by atoms with van der Waals surface area (Å²) in [5, 5.41) is 0.607. The lowest BCUT2D eigenvalue weighted by atomic mass is 10.2. The Labute approximate surface area is 180 Å². The predicted molar refractivity (Wildman–Crippen MR) is 111 cm³/mol. The Morgan fingerprint density at radius 2 is 1.87 bits per heavy atom. The Bertz CT molecular complexity index is 897. The van der Waals surface area contributed by atoms with Crippen LogP contribution in [0.2, 0.25) is 5.02 Å². The van der Waals surface area contributed by atoms with Crippen LogP contribution < -0.4 is 9.47 Å². The van der Waals surface area contributed by atoms with Crippen LogP contribution in [0.25, 0.3) is 0 Å². The van der Waals surface area contributed by atoms with Crippen molar-refractivity contribution < 1.29 is 28.5 Å². The molecule has 2 aromatic rings. The largest absolute Gasteiger partial charge is 0.493 e. The number of halogens is 1. The normalized spacial score (nSPS) is 14.7. The third kappa shape index (κ3) is 5.43. The summed E-state index contributed by atoms with van der Waals surface area (Å²) < 4.78 is 21.7. The summed E-state index contributed by atoms with van der Waals surface area (Å²) in [6, 6.07) is 12.1. The molecule has 8 heteroatoms. The summed E-state index contributed by atoms with van der Waals surface area (Å²) in [7, 11) is 1.48. The lowest BCUT2D eigenvalue weighted by molar-refractivity contribution is -0.143. The second-order valence-corrected chi connectivity index (χ2v) is 7.14. The summed E-state index contributed by atoms with van der Waals surface area (Å²) >= 11 is 6.15. The van der Waals surface area contributed by atoms with Gasteiger partial charge in [-0.2, -0.15) is 0 Å². The second kappa shape index (κ2) is 10.3. The van der Waals surface area contributed by atoms with Crippen molar-refractivity contribution >= 4 is 23.5 Å². The van der Waals surface area contributed by atoms with Crippen LogP contribution in [0.15, 0.2) is 42.5 Å². The van der Waals surface area contributed by atoms with E-state index in [2.05, 4.69) is 0 Å². The minimum atomic E-state index is -0.891. The van der Waals surface area contributed by atoms with Crippen LogP contribution in [0.5, 0.6) is 11.5 Å².